The summed E-state index contributed by atoms with van der Waals surface area (Å²) in [6, 6.07) is 13.5. The van der Waals surface area contributed by atoms with Crippen molar-refractivity contribution >= 4 is 29.3 Å². The number of hydrogen-bond donors (Lipinski definition) is 1. The number of rotatable bonds is 5. The van der Waals surface area contributed by atoms with Gasteiger partial charge in [-0.1, -0.05) is 18.2 Å². The van der Waals surface area contributed by atoms with Crippen molar-refractivity contribution < 1.29 is 23.8 Å². The van der Waals surface area contributed by atoms with E-state index in [0.29, 0.717) is 12.3 Å². The maximum absolute atomic E-state index is 13.2. The number of anilines is 1. The van der Waals surface area contributed by atoms with Crippen LogP contribution in [0.2, 0.25) is 0 Å². The fourth-order valence-corrected chi connectivity index (χ4v) is 5.35. The number of para-hydroxylation sites is 1. The first kappa shape index (κ1) is 20.2. The third kappa shape index (κ3) is 4.36. The van der Waals surface area contributed by atoms with Crippen LogP contribution >= 0.6 is 11.8 Å². The van der Waals surface area contributed by atoms with Gasteiger partial charge in [0.25, 0.3) is 0 Å². The average Bonchev–Trinajstić information content (AvgIpc) is 3.45. The molecule has 1 saturated heterocycles. The molecule has 2 unspecified atom stereocenters. The lowest BCUT2D eigenvalue weighted by Crippen LogP contribution is -2.42. The number of carbonyl (C=O) groups excluding carboxylic acids is 2. The number of ether oxygens (including phenoxy) is 3. The van der Waals surface area contributed by atoms with Crippen molar-refractivity contribution in [1.29, 1.82) is 0 Å². The van der Waals surface area contributed by atoms with Crippen molar-refractivity contribution in [3.8, 4) is 11.5 Å². The molecule has 0 radical (unpaired) electrons. The number of thioether (sulfide) groups is 1. The molecular formula is C23H24N2O5S. The third-order valence-corrected chi connectivity index (χ3v) is 7.03. The predicted molar refractivity (Wildman–Crippen MR) is 117 cm³/mol. The summed E-state index contributed by atoms with van der Waals surface area (Å²) < 4.78 is 16.5. The summed E-state index contributed by atoms with van der Waals surface area (Å²) in [7, 11) is 0. The van der Waals surface area contributed by atoms with Crippen LogP contribution in [0.25, 0.3) is 0 Å². The van der Waals surface area contributed by atoms with E-state index in [4.69, 9.17) is 14.2 Å². The maximum Gasteiger partial charge on any atom is 0.240 e. The van der Waals surface area contributed by atoms with Gasteiger partial charge in [-0.25, -0.2) is 0 Å². The quantitative estimate of drug-likeness (QED) is 0.769. The molecule has 162 valence electrons. The second-order valence-corrected chi connectivity index (χ2v) is 9.05. The average molecular weight is 441 g/mol. The molecule has 0 spiro atoms. The van der Waals surface area contributed by atoms with Gasteiger partial charge in [0.15, 0.2) is 11.5 Å². The van der Waals surface area contributed by atoms with E-state index in [0.717, 1.165) is 41.3 Å². The number of amides is 2. The van der Waals surface area contributed by atoms with Crippen LogP contribution in [-0.4, -0.2) is 44.4 Å². The molecule has 0 saturated carbocycles. The van der Waals surface area contributed by atoms with Gasteiger partial charge in [-0.3, -0.25) is 9.59 Å². The SMILES string of the molecule is O=C(CN1C(=O)CC(c2ccc3c(c2)OCO3)Sc2ccccc21)NCC1CCCO1. The fraction of sp³-hybridized carbons (Fsp3) is 0.391. The summed E-state index contributed by atoms with van der Waals surface area (Å²) in [4.78, 5) is 28.4. The number of nitrogens with one attached hydrogen (secondary N) is 1. The Bertz CT molecular complexity index is 992. The Balaban J connectivity index is 1.34. The molecule has 1 N–H and O–H groups in total. The van der Waals surface area contributed by atoms with Crippen LogP contribution in [0.1, 0.15) is 30.1 Å². The third-order valence-electron chi connectivity index (χ3n) is 5.71. The Morgan fingerprint density at radius 1 is 1.16 bits per heavy atom. The Morgan fingerprint density at radius 2 is 2.03 bits per heavy atom. The molecule has 5 rings (SSSR count). The van der Waals surface area contributed by atoms with Crippen molar-refractivity contribution in [3.05, 3.63) is 48.0 Å². The Hall–Kier alpha value is -2.71. The van der Waals surface area contributed by atoms with Crippen LogP contribution in [0.5, 0.6) is 11.5 Å². The molecule has 3 aliphatic heterocycles. The Kier molecular flexibility index (Phi) is 5.74. The molecule has 31 heavy (non-hydrogen) atoms. The lowest BCUT2D eigenvalue weighted by atomic mass is 10.1. The van der Waals surface area contributed by atoms with Crippen LogP contribution in [0, 0.1) is 0 Å². The van der Waals surface area contributed by atoms with Gasteiger partial charge < -0.3 is 24.4 Å². The molecule has 7 nitrogen and oxygen atoms in total. The van der Waals surface area contributed by atoms with Gasteiger partial charge >= 0.3 is 0 Å². The molecule has 2 atom stereocenters. The van der Waals surface area contributed by atoms with Gasteiger partial charge in [0.1, 0.15) is 6.54 Å². The first-order chi connectivity index (χ1) is 15.2. The number of nitrogens with zero attached hydrogens (tertiary/aromatic N) is 1. The second-order valence-electron chi connectivity index (χ2n) is 7.81. The number of carbonyl (C=O) groups is 2. The van der Waals surface area contributed by atoms with E-state index in [2.05, 4.69) is 5.32 Å². The minimum atomic E-state index is -0.176. The van der Waals surface area contributed by atoms with Gasteiger partial charge in [-0.2, -0.15) is 0 Å². The van der Waals surface area contributed by atoms with Crippen LogP contribution < -0.4 is 19.7 Å². The van der Waals surface area contributed by atoms with Crippen LogP contribution in [0.15, 0.2) is 47.4 Å². The smallest absolute Gasteiger partial charge is 0.240 e. The fourth-order valence-electron chi connectivity index (χ4n) is 4.08. The van der Waals surface area contributed by atoms with Gasteiger partial charge in [0, 0.05) is 29.7 Å². The van der Waals surface area contributed by atoms with Gasteiger partial charge in [-0.05, 0) is 42.7 Å². The largest absolute Gasteiger partial charge is 0.454 e. The molecule has 0 aliphatic carbocycles. The van der Waals surface area contributed by atoms with E-state index in [1.807, 2.05) is 42.5 Å². The van der Waals surface area contributed by atoms with E-state index in [9.17, 15) is 9.59 Å². The van der Waals surface area contributed by atoms with E-state index < -0.39 is 0 Å². The van der Waals surface area contributed by atoms with Gasteiger partial charge in [0.05, 0.1) is 11.8 Å². The van der Waals surface area contributed by atoms with Crippen molar-refractivity contribution in [1.82, 2.24) is 5.32 Å². The molecular weight excluding hydrogens is 416 g/mol. The van der Waals surface area contributed by atoms with Crippen molar-refractivity contribution in [2.75, 3.05) is 31.4 Å². The van der Waals surface area contributed by atoms with Crippen molar-refractivity contribution in [2.45, 2.75) is 35.5 Å². The van der Waals surface area contributed by atoms with Crippen molar-refractivity contribution in [3.63, 3.8) is 0 Å². The maximum atomic E-state index is 13.2. The zero-order valence-electron chi connectivity index (χ0n) is 17.0. The first-order valence-corrected chi connectivity index (χ1v) is 11.4. The van der Waals surface area contributed by atoms with Crippen LogP contribution in [0.4, 0.5) is 5.69 Å². The number of hydrogen-bond acceptors (Lipinski definition) is 6. The van der Waals surface area contributed by atoms with Gasteiger partial charge in [0.2, 0.25) is 18.6 Å². The number of benzene rings is 2. The molecule has 0 bridgehead atoms. The minimum Gasteiger partial charge on any atom is -0.454 e. The van der Waals surface area contributed by atoms with E-state index >= 15 is 0 Å². The summed E-state index contributed by atoms with van der Waals surface area (Å²) in [5.74, 6) is 1.17. The molecule has 3 aliphatic rings. The summed E-state index contributed by atoms with van der Waals surface area (Å²) in [5.41, 5.74) is 1.77. The number of fused-ring (bicyclic) bond motifs is 2. The van der Waals surface area contributed by atoms with Gasteiger partial charge in [-0.15, -0.1) is 11.8 Å². The van der Waals surface area contributed by atoms with Crippen molar-refractivity contribution in [2.24, 2.45) is 0 Å². The highest BCUT2D eigenvalue weighted by molar-refractivity contribution is 7.99. The van der Waals surface area contributed by atoms with E-state index in [1.54, 1.807) is 16.7 Å². The molecule has 8 heteroatoms. The molecule has 1 fully saturated rings. The second kappa shape index (κ2) is 8.80. The highest BCUT2D eigenvalue weighted by Gasteiger charge is 2.31. The van der Waals surface area contributed by atoms with E-state index in [-0.39, 0.29) is 42.9 Å². The van der Waals surface area contributed by atoms with Crippen LogP contribution in [0.3, 0.4) is 0 Å². The molecule has 3 heterocycles. The predicted octanol–water partition coefficient (Wildman–Crippen LogP) is 3.28. The zero-order chi connectivity index (χ0) is 21.2. The normalized spacial score (nSPS) is 22.2. The summed E-state index contributed by atoms with van der Waals surface area (Å²) >= 11 is 1.63. The summed E-state index contributed by atoms with van der Waals surface area (Å²) in [5, 5.41) is 2.84. The Labute approximate surface area is 185 Å². The Morgan fingerprint density at radius 3 is 2.90 bits per heavy atom. The summed E-state index contributed by atoms with van der Waals surface area (Å²) in [6.45, 7) is 1.44. The highest BCUT2D eigenvalue weighted by atomic mass is 32.2. The van der Waals surface area contributed by atoms with E-state index in [1.165, 1.54) is 0 Å². The zero-order valence-corrected chi connectivity index (χ0v) is 17.9. The highest BCUT2D eigenvalue weighted by Crippen LogP contribution is 2.47. The molecule has 2 aromatic rings. The topological polar surface area (TPSA) is 77.1 Å². The molecule has 2 amide bonds. The lowest BCUT2D eigenvalue weighted by molar-refractivity contribution is -0.124. The lowest BCUT2D eigenvalue weighted by Gasteiger charge is -2.22. The molecule has 2 aromatic carbocycles. The van der Waals surface area contributed by atoms with Crippen LogP contribution in [-0.2, 0) is 14.3 Å². The first-order valence-electron chi connectivity index (χ1n) is 10.5. The summed E-state index contributed by atoms with van der Waals surface area (Å²) in [6.07, 6.45) is 2.34. The minimum absolute atomic E-state index is 0.00299. The monoisotopic (exact) mass is 440 g/mol. The standard InChI is InChI=1S/C23H24N2O5S/c26-22(24-12-16-4-3-9-28-16)13-25-17-5-1-2-6-20(17)31-21(11-23(25)27)15-7-8-18-19(10-15)30-14-29-18/h1-2,5-8,10,16,21H,3-4,9,11-14H2,(H,24,26). The molecule has 0 aromatic heterocycles.